The smallest absolute Gasteiger partial charge is 0.342 e. The molecule has 0 aromatic carbocycles. The Balaban J connectivity index is 2.16. The monoisotopic (exact) mass is 454 g/mol. The van der Waals surface area contributed by atoms with Gasteiger partial charge in [0.1, 0.15) is 24.5 Å². The van der Waals surface area contributed by atoms with E-state index in [0.717, 1.165) is 12.8 Å². The highest BCUT2D eigenvalue weighted by molar-refractivity contribution is 5.93. The molecule has 1 fully saturated rings. The highest BCUT2D eigenvalue weighted by Gasteiger charge is 2.44. The summed E-state index contributed by atoms with van der Waals surface area (Å²) in [6.45, 7) is 4.47. The standard InChI is InChI=1S/C20H25F3N6O3/c1-19(2,3)15(29-18(32)20(21,22)23)17(31)27-13(6-11-4-5-11)16(30)28-14(7-24)12-8-25-10-26-9-12/h8-11,13-15H,4-6H2,1-3H3,(H,27,31)(H,28,30)(H,29,32). The predicted octanol–water partition coefficient (Wildman–Crippen LogP) is 1.54. The highest BCUT2D eigenvalue weighted by atomic mass is 19.4. The van der Waals surface area contributed by atoms with Gasteiger partial charge in [0.15, 0.2) is 0 Å². The number of carbonyl (C=O) groups excluding carboxylic acids is 3. The molecule has 3 unspecified atom stereocenters. The molecular weight excluding hydrogens is 429 g/mol. The summed E-state index contributed by atoms with van der Waals surface area (Å²) in [5, 5.41) is 16.1. The molecule has 0 aliphatic heterocycles. The quantitative estimate of drug-likeness (QED) is 0.545. The zero-order valence-corrected chi connectivity index (χ0v) is 17.9. The summed E-state index contributed by atoms with van der Waals surface area (Å²) in [4.78, 5) is 44.7. The molecule has 0 bridgehead atoms. The molecule has 0 radical (unpaired) electrons. The van der Waals surface area contributed by atoms with Crippen LogP contribution < -0.4 is 16.0 Å². The van der Waals surface area contributed by atoms with Crippen LogP contribution in [0.5, 0.6) is 0 Å². The van der Waals surface area contributed by atoms with Crippen molar-refractivity contribution in [2.75, 3.05) is 0 Å². The number of rotatable bonds is 8. The average Bonchev–Trinajstić information content (AvgIpc) is 3.52. The van der Waals surface area contributed by atoms with E-state index in [4.69, 9.17) is 0 Å². The average molecular weight is 454 g/mol. The summed E-state index contributed by atoms with van der Waals surface area (Å²) >= 11 is 0. The van der Waals surface area contributed by atoms with E-state index in [9.17, 15) is 32.8 Å². The van der Waals surface area contributed by atoms with Crippen LogP contribution in [0.4, 0.5) is 13.2 Å². The SMILES string of the molecule is CC(C)(C)C(NC(=O)C(F)(F)F)C(=O)NC(CC1CC1)C(=O)NC(C#N)c1cncnc1. The van der Waals surface area contributed by atoms with Gasteiger partial charge in [-0.15, -0.1) is 0 Å². The van der Waals surface area contributed by atoms with Crippen LogP contribution in [0, 0.1) is 22.7 Å². The van der Waals surface area contributed by atoms with Gasteiger partial charge in [0.05, 0.1) is 6.07 Å². The van der Waals surface area contributed by atoms with E-state index in [1.807, 2.05) is 6.07 Å². The number of nitrogens with zero attached hydrogens (tertiary/aromatic N) is 3. The molecule has 1 saturated carbocycles. The third kappa shape index (κ3) is 7.18. The molecule has 1 aromatic rings. The van der Waals surface area contributed by atoms with Gasteiger partial charge in [-0.05, 0) is 17.8 Å². The first kappa shape index (κ1) is 25.0. The zero-order chi connectivity index (χ0) is 24.1. The van der Waals surface area contributed by atoms with Crippen molar-refractivity contribution in [2.24, 2.45) is 11.3 Å². The zero-order valence-electron chi connectivity index (χ0n) is 17.9. The molecule has 3 N–H and O–H groups in total. The van der Waals surface area contributed by atoms with Crippen LogP contribution in [0.3, 0.4) is 0 Å². The number of hydrogen-bond donors (Lipinski definition) is 3. The summed E-state index contributed by atoms with van der Waals surface area (Å²) in [6, 6.07) is -1.80. The van der Waals surface area contributed by atoms with Gasteiger partial charge in [0, 0.05) is 18.0 Å². The molecule has 2 rings (SSSR count). The lowest BCUT2D eigenvalue weighted by atomic mass is 9.85. The van der Waals surface area contributed by atoms with Crippen LogP contribution in [-0.4, -0.2) is 45.9 Å². The number of nitriles is 1. The molecule has 1 aromatic heterocycles. The Kier molecular flexibility index (Phi) is 7.77. The second-order valence-corrected chi connectivity index (χ2v) is 8.75. The number of amides is 3. The summed E-state index contributed by atoms with van der Waals surface area (Å²) in [7, 11) is 0. The highest BCUT2D eigenvalue weighted by Crippen LogP contribution is 2.34. The third-order valence-electron chi connectivity index (χ3n) is 4.89. The minimum Gasteiger partial charge on any atom is -0.342 e. The number of hydrogen-bond acceptors (Lipinski definition) is 6. The Morgan fingerprint density at radius 3 is 2.16 bits per heavy atom. The van der Waals surface area contributed by atoms with E-state index in [1.54, 1.807) is 5.32 Å². The van der Waals surface area contributed by atoms with Gasteiger partial charge in [-0.3, -0.25) is 14.4 Å². The Morgan fingerprint density at radius 2 is 1.69 bits per heavy atom. The number of halogens is 3. The molecule has 12 heteroatoms. The number of nitrogens with one attached hydrogen (secondary N) is 3. The molecule has 1 aliphatic carbocycles. The first-order valence-electron chi connectivity index (χ1n) is 9.96. The van der Waals surface area contributed by atoms with Crippen molar-refractivity contribution in [1.29, 1.82) is 5.26 Å². The van der Waals surface area contributed by atoms with Gasteiger partial charge in [0.25, 0.3) is 0 Å². The maximum atomic E-state index is 12.9. The van der Waals surface area contributed by atoms with E-state index in [2.05, 4.69) is 20.6 Å². The molecular formula is C20H25F3N6O3. The van der Waals surface area contributed by atoms with Crippen LogP contribution in [0.15, 0.2) is 18.7 Å². The van der Waals surface area contributed by atoms with Crippen LogP contribution in [-0.2, 0) is 14.4 Å². The molecule has 32 heavy (non-hydrogen) atoms. The van der Waals surface area contributed by atoms with Crippen LogP contribution in [0.2, 0.25) is 0 Å². The largest absolute Gasteiger partial charge is 0.471 e. The fraction of sp³-hybridized carbons (Fsp3) is 0.600. The summed E-state index contributed by atoms with van der Waals surface area (Å²) in [6.07, 6.45) is 0.772. The topological polar surface area (TPSA) is 137 Å². The van der Waals surface area contributed by atoms with Crippen molar-refractivity contribution in [2.45, 2.75) is 64.3 Å². The van der Waals surface area contributed by atoms with Gasteiger partial charge in [-0.2, -0.15) is 18.4 Å². The lowest BCUT2D eigenvalue weighted by molar-refractivity contribution is -0.175. The van der Waals surface area contributed by atoms with E-state index in [0.29, 0.717) is 5.56 Å². The van der Waals surface area contributed by atoms with Crippen molar-refractivity contribution in [3.05, 3.63) is 24.3 Å². The molecule has 3 atom stereocenters. The fourth-order valence-electron chi connectivity index (χ4n) is 2.95. The normalized spacial score (nSPS) is 16.8. The van der Waals surface area contributed by atoms with Gasteiger partial charge in [0.2, 0.25) is 11.8 Å². The number of alkyl halides is 3. The van der Waals surface area contributed by atoms with Crippen LogP contribution in [0.25, 0.3) is 0 Å². The Morgan fingerprint density at radius 1 is 1.09 bits per heavy atom. The van der Waals surface area contributed by atoms with Gasteiger partial charge >= 0.3 is 12.1 Å². The van der Waals surface area contributed by atoms with E-state index >= 15 is 0 Å². The van der Waals surface area contributed by atoms with Gasteiger partial charge < -0.3 is 16.0 Å². The second-order valence-electron chi connectivity index (χ2n) is 8.75. The van der Waals surface area contributed by atoms with Gasteiger partial charge in [-0.1, -0.05) is 33.6 Å². The van der Waals surface area contributed by atoms with E-state index in [-0.39, 0.29) is 12.3 Å². The third-order valence-corrected chi connectivity index (χ3v) is 4.89. The van der Waals surface area contributed by atoms with Crippen molar-refractivity contribution in [3.8, 4) is 6.07 Å². The lowest BCUT2D eigenvalue weighted by Crippen LogP contribution is -2.59. The predicted molar refractivity (Wildman–Crippen MR) is 105 cm³/mol. The van der Waals surface area contributed by atoms with E-state index in [1.165, 1.54) is 39.5 Å². The number of carbonyl (C=O) groups is 3. The summed E-state index contributed by atoms with van der Waals surface area (Å²) in [5.41, 5.74) is -0.729. The minimum absolute atomic E-state index is 0.171. The molecule has 174 valence electrons. The Labute approximate surface area is 183 Å². The molecule has 0 spiro atoms. The van der Waals surface area contributed by atoms with Gasteiger partial charge in [-0.25, -0.2) is 9.97 Å². The minimum atomic E-state index is -5.16. The summed E-state index contributed by atoms with van der Waals surface area (Å²) < 4.78 is 38.2. The molecule has 0 saturated heterocycles. The van der Waals surface area contributed by atoms with Crippen LogP contribution in [0.1, 0.15) is 51.6 Å². The molecule has 1 heterocycles. The first-order chi connectivity index (χ1) is 14.8. The van der Waals surface area contributed by atoms with E-state index < -0.39 is 47.4 Å². The first-order valence-corrected chi connectivity index (χ1v) is 9.96. The molecule has 9 nitrogen and oxygen atoms in total. The van der Waals surface area contributed by atoms with Crippen molar-refractivity contribution >= 4 is 17.7 Å². The van der Waals surface area contributed by atoms with Crippen LogP contribution >= 0.6 is 0 Å². The fourth-order valence-corrected chi connectivity index (χ4v) is 2.95. The molecule has 1 aliphatic rings. The maximum absolute atomic E-state index is 12.9. The second kappa shape index (κ2) is 9.93. The molecule has 3 amide bonds. The Bertz CT molecular complexity index is 875. The van der Waals surface area contributed by atoms with Crippen molar-refractivity contribution < 1.29 is 27.6 Å². The summed E-state index contributed by atoms with van der Waals surface area (Å²) in [5.74, 6) is -3.67. The lowest BCUT2D eigenvalue weighted by Gasteiger charge is -2.32. The van der Waals surface area contributed by atoms with Crippen molar-refractivity contribution in [3.63, 3.8) is 0 Å². The Hall–Kier alpha value is -3.23. The maximum Gasteiger partial charge on any atom is 0.471 e. The van der Waals surface area contributed by atoms with Crippen molar-refractivity contribution in [1.82, 2.24) is 25.9 Å². The number of aromatic nitrogens is 2.